The molecule has 1 aliphatic rings. The molecular weight excluding hydrogens is 374 g/mol. The van der Waals surface area contributed by atoms with Crippen LogP contribution < -0.4 is 0 Å². The molecule has 1 saturated heterocycles. The zero-order valence-corrected chi connectivity index (χ0v) is 15.9. The van der Waals surface area contributed by atoms with Crippen molar-refractivity contribution in [1.29, 1.82) is 0 Å². The maximum atomic E-state index is 13.9. The van der Waals surface area contributed by atoms with E-state index in [9.17, 15) is 22.0 Å². The lowest BCUT2D eigenvalue weighted by Crippen LogP contribution is -2.50. The highest BCUT2D eigenvalue weighted by Gasteiger charge is 2.32. The summed E-state index contributed by atoms with van der Waals surface area (Å²) in [6.45, 7) is 4.31. The fraction of sp³-hybridized carbons (Fsp3) is 0.316. The number of halogens is 2. The molecule has 0 spiro atoms. The SMILES string of the molecule is Cc1cccc(C(=O)N2CCN(S(=O)(=O)c3ccc(F)cc3F)CC2)c1C. The van der Waals surface area contributed by atoms with E-state index in [-0.39, 0.29) is 32.1 Å². The molecule has 0 N–H and O–H groups in total. The predicted octanol–water partition coefficient (Wildman–Crippen LogP) is 2.73. The van der Waals surface area contributed by atoms with E-state index in [4.69, 9.17) is 0 Å². The molecule has 8 heteroatoms. The Morgan fingerprint density at radius 2 is 1.67 bits per heavy atom. The number of sulfonamides is 1. The van der Waals surface area contributed by atoms with E-state index >= 15 is 0 Å². The summed E-state index contributed by atoms with van der Waals surface area (Å²) in [5, 5.41) is 0. The number of rotatable bonds is 3. The molecule has 0 bridgehead atoms. The lowest BCUT2D eigenvalue weighted by Gasteiger charge is -2.34. The average molecular weight is 394 g/mol. The molecule has 1 amide bonds. The number of amides is 1. The molecule has 27 heavy (non-hydrogen) atoms. The summed E-state index contributed by atoms with van der Waals surface area (Å²) in [6.07, 6.45) is 0. The third kappa shape index (κ3) is 3.72. The maximum absolute atomic E-state index is 13.9. The smallest absolute Gasteiger partial charge is 0.254 e. The zero-order chi connectivity index (χ0) is 19.8. The van der Waals surface area contributed by atoms with Gasteiger partial charge in [0.05, 0.1) is 0 Å². The normalized spacial score (nSPS) is 15.8. The van der Waals surface area contributed by atoms with Gasteiger partial charge in [0.25, 0.3) is 5.91 Å². The second kappa shape index (κ2) is 7.36. The van der Waals surface area contributed by atoms with Crippen molar-refractivity contribution in [2.45, 2.75) is 18.7 Å². The van der Waals surface area contributed by atoms with Gasteiger partial charge in [-0.3, -0.25) is 4.79 Å². The lowest BCUT2D eigenvalue weighted by molar-refractivity contribution is 0.0697. The number of benzene rings is 2. The van der Waals surface area contributed by atoms with Crippen molar-refractivity contribution in [3.63, 3.8) is 0 Å². The first kappa shape index (κ1) is 19.4. The van der Waals surface area contributed by atoms with Gasteiger partial charge in [0.1, 0.15) is 16.5 Å². The fourth-order valence-electron chi connectivity index (χ4n) is 3.11. The number of hydrogen-bond donors (Lipinski definition) is 0. The van der Waals surface area contributed by atoms with E-state index in [0.29, 0.717) is 11.6 Å². The topological polar surface area (TPSA) is 57.7 Å². The molecule has 0 radical (unpaired) electrons. The van der Waals surface area contributed by atoms with Crippen LogP contribution in [-0.2, 0) is 10.0 Å². The molecule has 2 aromatic carbocycles. The van der Waals surface area contributed by atoms with E-state index in [1.165, 1.54) is 0 Å². The van der Waals surface area contributed by atoms with Gasteiger partial charge in [0, 0.05) is 37.8 Å². The van der Waals surface area contributed by atoms with Crippen molar-refractivity contribution < 1.29 is 22.0 Å². The van der Waals surface area contributed by atoms with Crippen LogP contribution in [0, 0.1) is 25.5 Å². The summed E-state index contributed by atoms with van der Waals surface area (Å²) in [5.74, 6) is -2.11. The molecule has 0 unspecified atom stereocenters. The summed E-state index contributed by atoms with van der Waals surface area (Å²) in [6, 6.07) is 7.88. The van der Waals surface area contributed by atoms with Crippen LogP contribution in [0.25, 0.3) is 0 Å². The Balaban J connectivity index is 1.75. The average Bonchev–Trinajstić information content (AvgIpc) is 2.63. The third-order valence-electron chi connectivity index (χ3n) is 4.87. The van der Waals surface area contributed by atoms with Crippen molar-refractivity contribution in [2.24, 2.45) is 0 Å². The highest BCUT2D eigenvalue weighted by atomic mass is 32.2. The van der Waals surface area contributed by atoms with E-state index in [1.54, 1.807) is 11.0 Å². The van der Waals surface area contributed by atoms with Gasteiger partial charge in [-0.2, -0.15) is 4.31 Å². The van der Waals surface area contributed by atoms with Gasteiger partial charge in [0.2, 0.25) is 10.0 Å². The van der Waals surface area contributed by atoms with Gasteiger partial charge in [0.15, 0.2) is 0 Å². The number of hydrogen-bond acceptors (Lipinski definition) is 3. The molecule has 144 valence electrons. The molecule has 1 aliphatic heterocycles. The summed E-state index contributed by atoms with van der Waals surface area (Å²) in [7, 11) is -4.08. The van der Waals surface area contributed by atoms with Crippen LogP contribution >= 0.6 is 0 Å². The van der Waals surface area contributed by atoms with Crippen molar-refractivity contribution >= 4 is 15.9 Å². The first-order valence-corrected chi connectivity index (χ1v) is 9.96. The second-order valence-electron chi connectivity index (χ2n) is 6.52. The Morgan fingerprint density at radius 1 is 1.00 bits per heavy atom. The third-order valence-corrected chi connectivity index (χ3v) is 6.80. The largest absolute Gasteiger partial charge is 0.336 e. The van der Waals surface area contributed by atoms with Crippen LogP contribution in [0.4, 0.5) is 8.78 Å². The van der Waals surface area contributed by atoms with Crippen LogP contribution in [0.5, 0.6) is 0 Å². The summed E-state index contributed by atoms with van der Waals surface area (Å²) in [5.41, 5.74) is 2.50. The standard InChI is InChI=1S/C19H20F2N2O3S/c1-13-4-3-5-16(14(13)2)19(24)22-8-10-23(11-9-22)27(25,26)18-7-6-15(20)12-17(18)21/h3-7,12H,8-11H2,1-2H3. The molecule has 0 saturated carbocycles. The van der Waals surface area contributed by atoms with Gasteiger partial charge in [-0.15, -0.1) is 0 Å². The van der Waals surface area contributed by atoms with Crippen molar-refractivity contribution in [3.05, 3.63) is 64.7 Å². The maximum Gasteiger partial charge on any atom is 0.254 e. The van der Waals surface area contributed by atoms with E-state index in [0.717, 1.165) is 27.6 Å². The van der Waals surface area contributed by atoms with Crippen LogP contribution in [-0.4, -0.2) is 49.7 Å². The molecule has 3 rings (SSSR count). The van der Waals surface area contributed by atoms with Gasteiger partial charge >= 0.3 is 0 Å². The summed E-state index contributed by atoms with van der Waals surface area (Å²) < 4.78 is 53.3. The number of aryl methyl sites for hydroxylation is 1. The molecular formula is C19H20F2N2O3S. The highest BCUT2D eigenvalue weighted by Crippen LogP contribution is 2.22. The monoisotopic (exact) mass is 394 g/mol. The molecule has 1 fully saturated rings. The predicted molar refractivity (Wildman–Crippen MR) is 96.9 cm³/mol. The Morgan fingerprint density at radius 3 is 2.30 bits per heavy atom. The van der Waals surface area contributed by atoms with Crippen LogP contribution in [0.3, 0.4) is 0 Å². The van der Waals surface area contributed by atoms with Crippen molar-refractivity contribution in [3.8, 4) is 0 Å². The second-order valence-corrected chi connectivity index (χ2v) is 8.42. The van der Waals surface area contributed by atoms with Crippen molar-refractivity contribution in [2.75, 3.05) is 26.2 Å². The van der Waals surface area contributed by atoms with Crippen LogP contribution in [0.15, 0.2) is 41.3 Å². The number of carbonyl (C=O) groups is 1. The Kier molecular flexibility index (Phi) is 5.30. The van der Waals surface area contributed by atoms with Gasteiger partial charge in [-0.05, 0) is 43.2 Å². The quantitative estimate of drug-likeness (QED) is 0.804. The minimum absolute atomic E-state index is 0.0513. The Bertz CT molecular complexity index is 984. The highest BCUT2D eigenvalue weighted by molar-refractivity contribution is 7.89. The van der Waals surface area contributed by atoms with E-state index < -0.39 is 26.6 Å². The van der Waals surface area contributed by atoms with Gasteiger partial charge < -0.3 is 4.90 Å². The molecule has 0 aliphatic carbocycles. The van der Waals surface area contributed by atoms with Crippen molar-refractivity contribution in [1.82, 2.24) is 9.21 Å². The summed E-state index contributed by atoms with van der Waals surface area (Å²) >= 11 is 0. The van der Waals surface area contributed by atoms with Crippen LogP contribution in [0.2, 0.25) is 0 Å². The Hall–Kier alpha value is -2.32. The van der Waals surface area contributed by atoms with Gasteiger partial charge in [-0.25, -0.2) is 17.2 Å². The molecule has 5 nitrogen and oxygen atoms in total. The number of nitrogens with zero attached hydrogens (tertiary/aromatic N) is 2. The Labute approximate surface area is 157 Å². The molecule has 2 aromatic rings. The van der Waals surface area contributed by atoms with E-state index in [1.807, 2.05) is 26.0 Å². The number of piperazine rings is 1. The molecule has 1 heterocycles. The fourth-order valence-corrected chi connectivity index (χ4v) is 4.58. The van der Waals surface area contributed by atoms with Crippen LogP contribution in [0.1, 0.15) is 21.5 Å². The van der Waals surface area contributed by atoms with E-state index in [2.05, 4.69) is 0 Å². The molecule has 0 aromatic heterocycles. The minimum atomic E-state index is -4.08. The zero-order valence-electron chi connectivity index (χ0n) is 15.1. The summed E-state index contributed by atoms with van der Waals surface area (Å²) in [4.78, 5) is 13.8. The lowest BCUT2D eigenvalue weighted by atomic mass is 10.0. The minimum Gasteiger partial charge on any atom is -0.336 e. The first-order valence-electron chi connectivity index (χ1n) is 8.52. The number of carbonyl (C=O) groups excluding carboxylic acids is 1. The van der Waals surface area contributed by atoms with Gasteiger partial charge in [-0.1, -0.05) is 12.1 Å². The molecule has 0 atom stereocenters. The first-order chi connectivity index (χ1) is 12.7.